The Labute approximate surface area is 163 Å². The summed E-state index contributed by atoms with van der Waals surface area (Å²) >= 11 is 3.37. The third kappa shape index (κ3) is 3.15. The van der Waals surface area contributed by atoms with Gasteiger partial charge in [0.05, 0.1) is 4.90 Å². The van der Waals surface area contributed by atoms with Crippen molar-refractivity contribution in [2.24, 2.45) is 0 Å². The Morgan fingerprint density at radius 3 is 2.44 bits per heavy atom. The first-order chi connectivity index (χ1) is 12.9. The first-order valence-electron chi connectivity index (χ1n) is 7.97. The highest BCUT2D eigenvalue weighted by atomic mass is 79.9. The number of hydrogen-bond donors (Lipinski definition) is 0. The van der Waals surface area contributed by atoms with Crippen LogP contribution >= 0.6 is 15.9 Å². The zero-order valence-corrected chi connectivity index (χ0v) is 16.5. The first kappa shape index (κ1) is 17.8. The lowest BCUT2D eigenvalue weighted by Crippen LogP contribution is -2.12. The molecule has 0 aliphatic heterocycles. The standard InChI is InChI=1S/C19H13BrFN3O2S/c1-12-2-5-15(6-3-12)27(25,26)24-11-17(13-4-7-18(21)22-9-13)16-8-14(20)10-23-19(16)24/h2-11H,1H3. The summed E-state index contributed by atoms with van der Waals surface area (Å²) in [5, 5.41) is 0.619. The lowest BCUT2D eigenvalue weighted by molar-refractivity contribution is 0.584. The zero-order valence-electron chi connectivity index (χ0n) is 14.1. The quantitative estimate of drug-likeness (QED) is 0.434. The van der Waals surface area contributed by atoms with E-state index in [1.54, 1.807) is 36.4 Å². The Bertz CT molecular complexity index is 1250. The molecular formula is C19H13BrFN3O2S. The summed E-state index contributed by atoms with van der Waals surface area (Å²) in [6.07, 6.45) is 4.40. The number of benzene rings is 1. The van der Waals surface area contributed by atoms with Gasteiger partial charge in [-0.25, -0.2) is 22.4 Å². The maximum Gasteiger partial charge on any atom is 0.269 e. The molecule has 27 heavy (non-hydrogen) atoms. The molecule has 0 bridgehead atoms. The van der Waals surface area contributed by atoms with Crippen LogP contribution in [-0.2, 0) is 10.0 Å². The number of fused-ring (bicyclic) bond motifs is 1. The zero-order chi connectivity index (χ0) is 19.2. The van der Waals surface area contributed by atoms with Gasteiger partial charge in [-0.1, -0.05) is 17.7 Å². The molecule has 3 aromatic heterocycles. The summed E-state index contributed by atoms with van der Waals surface area (Å²) in [7, 11) is -3.85. The molecule has 5 nitrogen and oxygen atoms in total. The first-order valence-corrected chi connectivity index (χ1v) is 10.2. The molecule has 4 aromatic rings. The Kier molecular flexibility index (Phi) is 4.32. The van der Waals surface area contributed by atoms with Crippen LogP contribution in [0.4, 0.5) is 4.39 Å². The van der Waals surface area contributed by atoms with E-state index in [2.05, 4.69) is 25.9 Å². The van der Waals surface area contributed by atoms with E-state index in [-0.39, 0.29) is 10.5 Å². The molecule has 0 saturated heterocycles. The van der Waals surface area contributed by atoms with Crippen molar-refractivity contribution in [2.75, 3.05) is 0 Å². The fourth-order valence-electron chi connectivity index (χ4n) is 2.83. The lowest BCUT2D eigenvalue weighted by Gasteiger charge is -2.07. The summed E-state index contributed by atoms with van der Waals surface area (Å²) in [4.78, 5) is 8.13. The molecule has 0 aliphatic rings. The lowest BCUT2D eigenvalue weighted by atomic mass is 10.1. The van der Waals surface area contributed by atoms with Gasteiger partial charge in [0.25, 0.3) is 10.0 Å². The molecule has 136 valence electrons. The molecule has 0 N–H and O–H groups in total. The van der Waals surface area contributed by atoms with Gasteiger partial charge >= 0.3 is 0 Å². The van der Waals surface area contributed by atoms with E-state index in [4.69, 9.17) is 0 Å². The molecule has 0 fully saturated rings. The maximum atomic E-state index is 13.2. The van der Waals surface area contributed by atoms with Crippen LogP contribution < -0.4 is 0 Å². The molecule has 0 radical (unpaired) electrons. The van der Waals surface area contributed by atoms with Gasteiger partial charge in [-0.15, -0.1) is 0 Å². The molecule has 0 spiro atoms. The monoisotopic (exact) mass is 445 g/mol. The van der Waals surface area contributed by atoms with Crippen molar-refractivity contribution in [3.8, 4) is 11.1 Å². The van der Waals surface area contributed by atoms with Crippen molar-refractivity contribution in [2.45, 2.75) is 11.8 Å². The smallest absolute Gasteiger partial charge is 0.236 e. The topological polar surface area (TPSA) is 64.8 Å². The van der Waals surface area contributed by atoms with E-state index in [1.807, 2.05) is 6.92 Å². The third-order valence-electron chi connectivity index (χ3n) is 4.19. The van der Waals surface area contributed by atoms with Crippen LogP contribution in [0.1, 0.15) is 5.56 Å². The molecule has 0 unspecified atom stereocenters. The molecule has 0 amide bonds. The number of rotatable bonds is 3. The average molecular weight is 446 g/mol. The predicted octanol–water partition coefficient (Wildman–Crippen LogP) is 4.55. The normalized spacial score (nSPS) is 11.8. The van der Waals surface area contributed by atoms with Crippen LogP contribution in [0.3, 0.4) is 0 Å². The SMILES string of the molecule is Cc1ccc(S(=O)(=O)n2cc(-c3ccc(F)nc3)c3cc(Br)cnc32)cc1. The van der Waals surface area contributed by atoms with Crippen molar-refractivity contribution in [1.82, 2.24) is 13.9 Å². The molecule has 3 heterocycles. The van der Waals surface area contributed by atoms with Gasteiger partial charge in [0, 0.05) is 39.6 Å². The number of aryl methyl sites for hydroxylation is 1. The molecular weight excluding hydrogens is 433 g/mol. The molecule has 4 rings (SSSR count). The Balaban J connectivity index is 1.99. The molecule has 0 saturated carbocycles. The van der Waals surface area contributed by atoms with Crippen LogP contribution in [0, 0.1) is 12.9 Å². The van der Waals surface area contributed by atoms with Crippen molar-refractivity contribution in [1.29, 1.82) is 0 Å². The number of hydrogen-bond acceptors (Lipinski definition) is 4. The van der Waals surface area contributed by atoms with Crippen LogP contribution in [-0.4, -0.2) is 22.4 Å². The Hall–Kier alpha value is -2.58. The van der Waals surface area contributed by atoms with Crippen molar-refractivity contribution >= 4 is 37.0 Å². The fraction of sp³-hybridized carbons (Fsp3) is 0.0526. The van der Waals surface area contributed by atoms with E-state index >= 15 is 0 Å². The molecule has 0 aliphatic carbocycles. The second-order valence-corrected chi connectivity index (χ2v) is 8.78. The minimum Gasteiger partial charge on any atom is -0.236 e. The largest absolute Gasteiger partial charge is 0.269 e. The van der Waals surface area contributed by atoms with Gasteiger partial charge in [-0.3, -0.25) is 0 Å². The highest BCUT2D eigenvalue weighted by Crippen LogP contribution is 2.33. The van der Waals surface area contributed by atoms with Gasteiger partial charge in [0.1, 0.15) is 0 Å². The van der Waals surface area contributed by atoms with Crippen LogP contribution in [0.25, 0.3) is 22.2 Å². The van der Waals surface area contributed by atoms with Crippen LogP contribution in [0.15, 0.2) is 70.4 Å². The summed E-state index contributed by atoms with van der Waals surface area (Å²) in [5.41, 5.74) is 2.45. The summed E-state index contributed by atoms with van der Waals surface area (Å²) < 4.78 is 41.4. The Morgan fingerprint density at radius 2 is 1.78 bits per heavy atom. The summed E-state index contributed by atoms with van der Waals surface area (Å²) in [6.45, 7) is 1.89. The highest BCUT2D eigenvalue weighted by Gasteiger charge is 2.23. The molecule has 1 aromatic carbocycles. The molecule has 8 heteroatoms. The fourth-order valence-corrected chi connectivity index (χ4v) is 4.48. The average Bonchev–Trinajstić information content (AvgIpc) is 3.02. The third-order valence-corrected chi connectivity index (χ3v) is 6.29. The summed E-state index contributed by atoms with van der Waals surface area (Å²) in [6, 6.07) is 11.2. The number of nitrogens with zero attached hydrogens (tertiary/aromatic N) is 3. The van der Waals surface area contributed by atoms with Gasteiger partial charge < -0.3 is 0 Å². The second kappa shape index (κ2) is 6.54. The highest BCUT2D eigenvalue weighted by molar-refractivity contribution is 9.10. The molecule has 0 atom stereocenters. The van der Waals surface area contributed by atoms with Gasteiger partial charge in [0.15, 0.2) is 5.65 Å². The van der Waals surface area contributed by atoms with Crippen molar-refractivity contribution in [3.63, 3.8) is 0 Å². The van der Waals surface area contributed by atoms with E-state index < -0.39 is 16.0 Å². The van der Waals surface area contributed by atoms with E-state index in [1.165, 1.54) is 24.7 Å². The van der Waals surface area contributed by atoms with Gasteiger partial charge in [0.2, 0.25) is 5.95 Å². The van der Waals surface area contributed by atoms with E-state index in [0.717, 1.165) is 9.54 Å². The minimum absolute atomic E-state index is 0.165. The van der Waals surface area contributed by atoms with E-state index in [9.17, 15) is 12.8 Å². The Morgan fingerprint density at radius 1 is 1.04 bits per heavy atom. The van der Waals surface area contributed by atoms with Gasteiger partial charge in [-0.05, 0) is 53.2 Å². The van der Waals surface area contributed by atoms with Crippen molar-refractivity contribution < 1.29 is 12.8 Å². The number of aromatic nitrogens is 3. The van der Waals surface area contributed by atoms with Gasteiger partial charge in [-0.2, -0.15) is 4.39 Å². The van der Waals surface area contributed by atoms with Crippen molar-refractivity contribution in [3.05, 3.63) is 77.0 Å². The minimum atomic E-state index is -3.85. The maximum absolute atomic E-state index is 13.2. The summed E-state index contributed by atoms with van der Waals surface area (Å²) in [5.74, 6) is -0.603. The van der Waals surface area contributed by atoms with Crippen LogP contribution in [0.2, 0.25) is 0 Å². The second-order valence-electron chi connectivity index (χ2n) is 6.05. The predicted molar refractivity (Wildman–Crippen MR) is 104 cm³/mol. The number of halogens is 2. The van der Waals surface area contributed by atoms with E-state index in [0.29, 0.717) is 21.0 Å². The number of pyridine rings is 2. The van der Waals surface area contributed by atoms with Crippen LogP contribution in [0.5, 0.6) is 0 Å².